The third kappa shape index (κ3) is 6.22. The molecule has 0 aliphatic carbocycles. The molecule has 146 valence electrons. The van der Waals surface area contributed by atoms with Gasteiger partial charge < -0.3 is 14.8 Å². The Morgan fingerprint density at radius 3 is 2.37 bits per heavy atom. The highest BCUT2D eigenvalue weighted by Crippen LogP contribution is 2.15. The average molecular weight is 394 g/mol. The first-order valence-electron chi connectivity index (χ1n) is 8.25. The molecule has 0 aliphatic rings. The van der Waals surface area contributed by atoms with Gasteiger partial charge in [0.05, 0.1) is 17.7 Å². The lowest BCUT2D eigenvalue weighted by Gasteiger charge is -2.25. The van der Waals surface area contributed by atoms with Crippen LogP contribution in [-0.4, -0.2) is 30.9 Å². The summed E-state index contributed by atoms with van der Waals surface area (Å²) in [5.41, 5.74) is -0.423. The highest BCUT2D eigenvalue weighted by molar-refractivity contribution is 7.89. The number of sulfonamides is 1. The molecular formula is C18H22N2O6S. The number of furan rings is 1. The molecule has 1 aromatic carbocycles. The summed E-state index contributed by atoms with van der Waals surface area (Å²) >= 11 is 0. The largest absolute Gasteiger partial charge is 0.481 e. The summed E-state index contributed by atoms with van der Waals surface area (Å²) < 4.78 is 32.0. The van der Waals surface area contributed by atoms with Gasteiger partial charge in [0, 0.05) is 17.5 Å². The van der Waals surface area contributed by atoms with Gasteiger partial charge in [0.2, 0.25) is 10.0 Å². The fourth-order valence-electron chi connectivity index (χ4n) is 2.31. The standard InChI is InChI=1S/C18H22N2O6S/c1-18(2,10-9-16(21)22)20-17(23)13-5-7-15(8-6-13)27(24,25)19-12-14-4-3-11-26-14/h3-8,11,19H,9-10,12H2,1-2H3,(H,20,23)(H,21,22). The summed E-state index contributed by atoms with van der Waals surface area (Å²) in [4.78, 5) is 23.0. The molecule has 0 saturated heterocycles. The smallest absolute Gasteiger partial charge is 0.303 e. The second-order valence-electron chi connectivity index (χ2n) is 6.66. The third-order valence-electron chi connectivity index (χ3n) is 3.86. The fraction of sp³-hybridized carbons (Fsp3) is 0.333. The highest BCUT2D eigenvalue weighted by Gasteiger charge is 2.22. The molecule has 0 fully saturated rings. The van der Waals surface area contributed by atoms with Crippen molar-refractivity contribution in [2.24, 2.45) is 0 Å². The van der Waals surface area contributed by atoms with Crippen LogP contribution in [0.15, 0.2) is 52.0 Å². The minimum Gasteiger partial charge on any atom is -0.481 e. The van der Waals surface area contributed by atoms with Crippen LogP contribution in [0.2, 0.25) is 0 Å². The molecule has 0 atom stereocenters. The second-order valence-corrected chi connectivity index (χ2v) is 8.43. The van der Waals surface area contributed by atoms with E-state index in [4.69, 9.17) is 9.52 Å². The minimum absolute atomic E-state index is 0.0232. The normalized spacial score (nSPS) is 11.9. The lowest BCUT2D eigenvalue weighted by Crippen LogP contribution is -2.43. The Labute approximate surface area is 157 Å². The van der Waals surface area contributed by atoms with Gasteiger partial charge in [0.1, 0.15) is 5.76 Å². The van der Waals surface area contributed by atoms with Crippen LogP contribution in [0.3, 0.4) is 0 Å². The van der Waals surface area contributed by atoms with E-state index in [1.54, 1.807) is 26.0 Å². The lowest BCUT2D eigenvalue weighted by atomic mass is 9.98. The van der Waals surface area contributed by atoms with Crippen molar-refractivity contribution in [1.29, 1.82) is 0 Å². The molecule has 2 aromatic rings. The van der Waals surface area contributed by atoms with Crippen LogP contribution >= 0.6 is 0 Å². The van der Waals surface area contributed by atoms with Crippen molar-refractivity contribution in [3.63, 3.8) is 0 Å². The Balaban J connectivity index is 2.00. The van der Waals surface area contributed by atoms with Crippen LogP contribution in [0, 0.1) is 0 Å². The molecule has 0 bridgehead atoms. The number of benzene rings is 1. The summed E-state index contributed by atoms with van der Waals surface area (Å²) in [6.07, 6.45) is 1.66. The second kappa shape index (κ2) is 8.36. The number of carboxylic acids is 1. The number of carboxylic acid groups (broad SMARTS) is 1. The first-order valence-corrected chi connectivity index (χ1v) is 9.74. The van der Waals surface area contributed by atoms with Crippen LogP contribution in [0.25, 0.3) is 0 Å². The summed E-state index contributed by atoms with van der Waals surface area (Å²) in [6.45, 7) is 3.48. The van der Waals surface area contributed by atoms with Gasteiger partial charge in [-0.3, -0.25) is 9.59 Å². The zero-order valence-corrected chi connectivity index (χ0v) is 15.9. The number of carbonyl (C=O) groups excluding carboxylic acids is 1. The van der Waals surface area contributed by atoms with Crippen molar-refractivity contribution < 1.29 is 27.5 Å². The first-order chi connectivity index (χ1) is 12.6. The van der Waals surface area contributed by atoms with E-state index in [-0.39, 0.29) is 29.8 Å². The van der Waals surface area contributed by atoms with Gasteiger partial charge >= 0.3 is 5.97 Å². The van der Waals surface area contributed by atoms with Gasteiger partial charge in [-0.15, -0.1) is 0 Å². The van der Waals surface area contributed by atoms with E-state index in [0.717, 1.165) is 0 Å². The van der Waals surface area contributed by atoms with Gasteiger partial charge in [-0.05, 0) is 56.7 Å². The Kier molecular flexibility index (Phi) is 6.40. The van der Waals surface area contributed by atoms with Gasteiger partial charge in [-0.1, -0.05) is 0 Å². The molecule has 27 heavy (non-hydrogen) atoms. The van der Waals surface area contributed by atoms with Crippen molar-refractivity contribution in [3.8, 4) is 0 Å². The number of nitrogens with one attached hydrogen (secondary N) is 2. The number of hydrogen-bond donors (Lipinski definition) is 3. The molecule has 2 rings (SSSR count). The minimum atomic E-state index is -3.74. The number of rotatable bonds is 9. The van der Waals surface area contributed by atoms with Crippen LogP contribution < -0.4 is 10.0 Å². The Hall–Kier alpha value is -2.65. The molecule has 0 radical (unpaired) electrons. The summed E-state index contributed by atoms with van der Waals surface area (Å²) in [6, 6.07) is 8.80. The zero-order chi connectivity index (χ0) is 20.1. The summed E-state index contributed by atoms with van der Waals surface area (Å²) in [7, 11) is -3.74. The first kappa shape index (κ1) is 20.7. The molecule has 3 N–H and O–H groups in total. The molecule has 8 nitrogen and oxygen atoms in total. The average Bonchev–Trinajstić information content (AvgIpc) is 3.12. The van der Waals surface area contributed by atoms with E-state index >= 15 is 0 Å². The predicted molar refractivity (Wildman–Crippen MR) is 97.6 cm³/mol. The highest BCUT2D eigenvalue weighted by atomic mass is 32.2. The molecule has 1 heterocycles. The van der Waals surface area contributed by atoms with E-state index < -0.39 is 27.4 Å². The quantitative estimate of drug-likeness (QED) is 0.598. The van der Waals surface area contributed by atoms with E-state index in [0.29, 0.717) is 5.76 Å². The van der Waals surface area contributed by atoms with Gasteiger partial charge in [-0.2, -0.15) is 0 Å². The Bertz CT molecular complexity index is 886. The number of hydrogen-bond acceptors (Lipinski definition) is 5. The van der Waals surface area contributed by atoms with Crippen molar-refractivity contribution in [3.05, 3.63) is 54.0 Å². The predicted octanol–water partition coefficient (Wildman–Crippen LogP) is 2.13. The third-order valence-corrected chi connectivity index (χ3v) is 5.28. The fourth-order valence-corrected chi connectivity index (χ4v) is 3.30. The molecule has 9 heteroatoms. The molecule has 0 saturated carbocycles. The van der Waals surface area contributed by atoms with Gasteiger partial charge in [0.25, 0.3) is 5.91 Å². The van der Waals surface area contributed by atoms with E-state index in [9.17, 15) is 18.0 Å². The van der Waals surface area contributed by atoms with Crippen molar-refractivity contribution >= 4 is 21.9 Å². The van der Waals surface area contributed by atoms with Crippen LogP contribution in [0.1, 0.15) is 42.8 Å². The maximum atomic E-state index is 12.3. The number of amides is 1. The lowest BCUT2D eigenvalue weighted by molar-refractivity contribution is -0.137. The molecule has 0 unspecified atom stereocenters. The maximum absolute atomic E-state index is 12.3. The van der Waals surface area contributed by atoms with Crippen molar-refractivity contribution in [1.82, 2.24) is 10.0 Å². The molecule has 0 aliphatic heterocycles. The van der Waals surface area contributed by atoms with Crippen molar-refractivity contribution in [2.75, 3.05) is 0 Å². The van der Waals surface area contributed by atoms with Crippen molar-refractivity contribution in [2.45, 2.75) is 43.7 Å². The van der Waals surface area contributed by atoms with Gasteiger partial charge in [-0.25, -0.2) is 13.1 Å². The van der Waals surface area contributed by atoms with E-state index in [2.05, 4.69) is 10.0 Å². The molecule has 1 aromatic heterocycles. The molecular weight excluding hydrogens is 372 g/mol. The summed E-state index contributed by atoms with van der Waals surface area (Å²) in [5, 5.41) is 11.5. The number of carbonyl (C=O) groups is 2. The molecule has 0 spiro atoms. The zero-order valence-electron chi connectivity index (χ0n) is 15.1. The van der Waals surface area contributed by atoms with Crippen LogP contribution in [-0.2, 0) is 21.4 Å². The van der Waals surface area contributed by atoms with E-state index in [1.807, 2.05) is 0 Å². The van der Waals surface area contributed by atoms with E-state index in [1.165, 1.54) is 30.5 Å². The van der Waals surface area contributed by atoms with Crippen LogP contribution in [0.5, 0.6) is 0 Å². The number of aliphatic carboxylic acids is 1. The summed E-state index contributed by atoms with van der Waals surface area (Å²) in [5.74, 6) is -0.857. The Morgan fingerprint density at radius 1 is 1.15 bits per heavy atom. The van der Waals surface area contributed by atoms with Crippen LogP contribution in [0.4, 0.5) is 0 Å². The monoisotopic (exact) mass is 394 g/mol. The van der Waals surface area contributed by atoms with Gasteiger partial charge in [0.15, 0.2) is 0 Å². The topological polar surface area (TPSA) is 126 Å². The Morgan fingerprint density at radius 2 is 1.81 bits per heavy atom. The maximum Gasteiger partial charge on any atom is 0.303 e. The SMILES string of the molecule is CC(C)(CCC(=O)O)NC(=O)c1ccc(S(=O)(=O)NCc2ccco2)cc1. The molecule has 1 amide bonds.